The number of hydrogen-bond donors (Lipinski definition) is 3. The number of phenolic OH excluding ortho intramolecular Hbond substituents is 1. The molecule has 0 saturated heterocycles. The zero-order valence-corrected chi connectivity index (χ0v) is 14.3. The molecule has 2 aromatic carbocycles. The fourth-order valence-electron chi connectivity index (χ4n) is 1.98. The first kappa shape index (κ1) is 17.6. The summed E-state index contributed by atoms with van der Waals surface area (Å²) in [5.41, 5.74) is 4.10. The van der Waals surface area contributed by atoms with Gasteiger partial charge in [-0.25, -0.2) is 0 Å². The highest BCUT2D eigenvalue weighted by Gasteiger charge is 2.04. The second kappa shape index (κ2) is 8.73. The van der Waals surface area contributed by atoms with Crippen LogP contribution >= 0.6 is 12.2 Å². The van der Waals surface area contributed by atoms with Crippen LogP contribution in [-0.2, 0) is 0 Å². The van der Waals surface area contributed by atoms with E-state index in [1.165, 1.54) is 6.21 Å². The number of nitrogens with one attached hydrogen (secondary N) is 2. The molecule has 0 aliphatic rings. The third-order valence-electron chi connectivity index (χ3n) is 3.02. The third-order valence-corrected chi connectivity index (χ3v) is 3.21. The van der Waals surface area contributed by atoms with E-state index >= 15 is 0 Å². The van der Waals surface area contributed by atoms with E-state index in [0.29, 0.717) is 28.8 Å². The Kier molecular flexibility index (Phi) is 6.39. The van der Waals surface area contributed by atoms with E-state index in [2.05, 4.69) is 15.8 Å². The molecular weight excluding hydrogens is 326 g/mol. The monoisotopic (exact) mass is 345 g/mol. The Hall–Kier alpha value is -2.80. The molecule has 0 aliphatic heterocycles. The molecule has 0 aromatic heterocycles. The molecule has 0 spiro atoms. The third kappa shape index (κ3) is 4.85. The van der Waals surface area contributed by atoms with Gasteiger partial charge in [0.15, 0.2) is 5.11 Å². The van der Waals surface area contributed by atoms with Gasteiger partial charge in [0.1, 0.15) is 17.2 Å². The summed E-state index contributed by atoms with van der Waals surface area (Å²) < 4.78 is 10.7. The number of benzene rings is 2. The van der Waals surface area contributed by atoms with Crippen molar-refractivity contribution in [2.75, 3.05) is 19.0 Å². The van der Waals surface area contributed by atoms with Crippen molar-refractivity contribution >= 4 is 29.2 Å². The first-order chi connectivity index (χ1) is 11.6. The van der Waals surface area contributed by atoms with E-state index in [1.807, 2.05) is 31.2 Å². The predicted molar refractivity (Wildman–Crippen MR) is 99.2 cm³/mol. The van der Waals surface area contributed by atoms with E-state index in [0.717, 1.165) is 5.69 Å². The number of hydrogen-bond acceptors (Lipinski definition) is 5. The maximum absolute atomic E-state index is 9.53. The summed E-state index contributed by atoms with van der Waals surface area (Å²) in [5.74, 6) is 1.44. The van der Waals surface area contributed by atoms with Crippen LogP contribution < -0.4 is 20.2 Å². The van der Waals surface area contributed by atoms with E-state index in [-0.39, 0.29) is 5.75 Å². The number of phenols is 1. The van der Waals surface area contributed by atoms with Crippen LogP contribution in [0.15, 0.2) is 47.6 Å². The number of hydrazone groups is 1. The van der Waals surface area contributed by atoms with Crippen molar-refractivity contribution in [1.82, 2.24) is 5.43 Å². The molecule has 2 rings (SSSR count). The van der Waals surface area contributed by atoms with Crippen molar-refractivity contribution in [2.45, 2.75) is 6.92 Å². The van der Waals surface area contributed by atoms with E-state index in [9.17, 15) is 5.11 Å². The van der Waals surface area contributed by atoms with Gasteiger partial charge in [0.25, 0.3) is 0 Å². The molecule has 0 bridgehead atoms. The Bertz CT molecular complexity index is 735. The lowest BCUT2D eigenvalue weighted by molar-refractivity contribution is 0.342. The Morgan fingerprint density at radius 3 is 2.79 bits per heavy atom. The van der Waals surface area contributed by atoms with Gasteiger partial charge in [0.2, 0.25) is 0 Å². The largest absolute Gasteiger partial charge is 0.508 e. The Morgan fingerprint density at radius 2 is 2.04 bits per heavy atom. The lowest BCUT2D eigenvalue weighted by Crippen LogP contribution is -2.24. The smallest absolute Gasteiger partial charge is 0.191 e. The van der Waals surface area contributed by atoms with E-state index in [4.69, 9.17) is 21.7 Å². The van der Waals surface area contributed by atoms with Gasteiger partial charge < -0.3 is 19.9 Å². The molecule has 126 valence electrons. The van der Waals surface area contributed by atoms with Crippen molar-refractivity contribution in [3.05, 3.63) is 48.0 Å². The number of ether oxygens (including phenoxy) is 2. The second-order valence-corrected chi connectivity index (χ2v) is 5.09. The number of para-hydroxylation sites is 2. The van der Waals surface area contributed by atoms with Crippen LogP contribution in [0.1, 0.15) is 12.5 Å². The highest BCUT2D eigenvalue weighted by molar-refractivity contribution is 7.80. The number of thiocarbonyl (C=S) groups is 1. The van der Waals surface area contributed by atoms with Crippen molar-refractivity contribution in [2.24, 2.45) is 5.10 Å². The minimum absolute atomic E-state index is 0.128. The van der Waals surface area contributed by atoms with Crippen LogP contribution in [0.3, 0.4) is 0 Å². The average molecular weight is 345 g/mol. The summed E-state index contributed by atoms with van der Waals surface area (Å²) in [5, 5.41) is 16.9. The maximum Gasteiger partial charge on any atom is 0.191 e. The van der Waals surface area contributed by atoms with Crippen LogP contribution in [0.25, 0.3) is 0 Å². The zero-order chi connectivity index (χ0) is 17.4. The molecule has 0 unspecified atom stereocenters. The molecule has 3 N–H and O–H groups in total. The molecule has 2 aromatic rings. The van der Waals surface area contributed by atoms with Gasteiger partial charge in [0, 0.05) is 5.56 Å². The summed E-state index contributed by atoms with van der Waals surface area (Å²) in [7, 11) is 1.55. The normalized spacial score (nSPS) is 10.4. The van der Waals surface area contributed by atoms with E-state index in [1.54, 1.807) is 25.3 Å². The highest BCUT2D eigenvalue weighted by atomic mass is 32.1. The number of rotatable bonds is 6. The molecular formula is C17H19N3O3S. The van der Waals surface area contributed by atoms with Gasteiger partial charge in [-0.3, -0.25) is 5.43 Å². The molecule has 0 amide bonds. The van der Waals surface area contributed by atoms with Gasteiger partial charge >= 0.3 is 0 Å². The van der Waals surface area contributed by atoms with Gasteiger partial charge in [-0.1, -0.05) is 12.1 Å². The summed E-state index contributed by atoms with van der Waals surface area (Å²) in [6.45, 7) is 2.48. The molecule has 0 heterocycles. The number of aromatic hydroxyl groups is 1. The van der Waals surface area contributed by atoms with Gasteiger partial charge in [-0.05, 0) is 49.5 Å². The summed E-state index contributed by atoms with van der Waals surface area (Å²) in [6.07, 6.45) is 1.51. The molecule has 6 nitrogen and oxygen atoms in total. The quantitative estimate of drug-likeness (QED) is 0.424. The van der Waals surface area contributed by atoms with Crippen LogP contribution in [-0.4, -0.2) is 30.2 Å². The first-order valence-electron chi connectivity index (χ1n) is 7.33. The maximum atomic E-state index is 9.53. The number of nitrogens with zero attached hydrogens (tertiary/aromatic N) is 1. The predicted octanol–water partition coefficient (Wildman–Crippen LogP) is 3.12. The summed E-state index contributed by atoms with van der Waals surface area (Å²) in [4.78, 5) is 0. The lowest BCUT2D eigenvalue weighted by Gasteiger charge is -2.12. The molecule has 0 radical (unpaired) electrons. The topological polar surface area (TPSA) is 75.1 Å². The Morgan fingerprint density at radius 1 is 1.25 bits per heavy atom. The molecule has 0 aliphatic carbocycles. The minimum atomic E-state index is 0.128. The highest BCUT2D eigenvalue weighted by Crippen LogP contribution is 2.23. The fraction of sp³-hybridized carbons (Fsp3) is 0.176. The number of anilines is 1. The van der Waals surface area contributed by atoms with Crippen LogP contribution in [0.2, 0.25) is 0 Å². The standard InChI is InChI=1S/C17H19N3O3S/c1-3-23-16-7-5-4-6-14(16)19-17(24)20-18-11-12-10-13(21)8-9-15(12)22-2/h4-11,21H,3H2,1-2H3,(H2,19,20,24)/b18-11+. The lowest BCUT2D eigenvalue weighted by atomic mass is 10.2. The fourth-order valence-corrected chi connectivity index (χ4v) is 2.15. The van der Waals surface area contributed by atoms with Crippen molar-refractivity contribution in [3.8, 4) is 17.2 Å². The van der Waals surface area contributed by atoms with Crippen molar-refractivity contribution in [1.29, 1.82) is 0 Å². The average Bonchev–Trinajstić information content (AvgIpc) is 2.57. The SMILES string of the molecule is CCOc1ccccc1NC(=S)N/N=C/c1cc(O)ccc1OC. The van der Waals surface area contributed by atoms with Crippen LogP contribution in [0, 0.1) is 0 Å². The minimum Gasteiger partial charge on any atom is -0.508 e. The Balaban J connectivity index is 2.00. The van der Waals surface area contributed by atoms with Crippen LogP contribution in [0.5, 0.6) is 17.2 Å². The van der Waals surface area contributed by atoms with Gasteiger partial charge in [0.05, 0.1) is 25.6 Å². The Labute approximate surface area is 146 Å². The van der Waals surface area contributed by atoms with Gasteiger partial charge in [-0.15, -0.1) is 0 Å². The first-order valence-corrected chi connectivity index (χ1v) is 7.73. The van der Waals surface area contributed by atoms with E-state index < -0.39 is 0 Å². The second-order valence-electron chi connectivity index (χ2n) is 4.68. The molecule has 24 heavy (non-hydrogen) atoms. The molecule has 0 atom stereocenters. The molecule has 0 saturated carbocycles. The molecule has 7 heteroatoms. The number of methoxy groups -OCH3 is 1. The van der Waals surface area contributed by atoms with Crippen LogP contribution in [0.4, 0.5) is 5.69 Å². The van der Waals surface area contributed by atoms with Crippen molar-refractivity contribution in [3.63, 3.8) is 0 Å². The van der Waals surface area contributed by atoms with Crippen molar-refractivity contribution < 1.29 is 14.6 Å². The summed E-state index contributed by atoms with van der Waals surface area (Å²) >= 11 is 5.21. The summed E-state index contributed by atoms with van der Waals surface area (Å²) in [6, 6.07) is 12.2. The molecule has 0 fully saturated rings. The zero-order valence-electron chi connectivity index (χ0n) is 13.4. The van der Waals surface area contributed by atoms with Gasteiger partial charge in [-0.2, -0.15) is 5.10 Å².